The van der Waals surface area contributed by atoms with Crippen LogP contribution in [0, 0.1) is 0 Å². The molecule has 0 atom stereocenters. The van der Waals surface area contributed by atoms with Crippen molar-refractivity contribution in [3.63, 3.8) is 0 Å². The number of carboxylic acid groups (broad SMARTS) is 1. The van der Waals surface area contributed by atoms with E-state index in [9.17, 15) is 9.18 Å². The van der Waals surface area contributed by atoms with Gasteiger partial charge in [0.1, 0.15) is 0 Å². The molecule has 0 rings (SSSR count). The highest BCUT2D eigenvalue weighted by Gasteiger charge is 1.84. The van der Waals surface area contributed by atoms with Gasteiger partial charge in [-0.2, -0.15) is 0 Å². The Morgan fingerprint density at radius 3 is 3.00 bits per heavy atom. The molecule has 0 heterocycles. The predicted molar refractivity (Wildman–Crippen MR) is 23.2 cm³/mol. The van der Waals surface area contributed by atoms with Crippen LogP contribution >= 0.6 is 0 Å². The van der Waals surface area contributed by atoms with Gasteiger partial charge in [-0.1, -0.05) is 5.16 Å². The largest absolute Gasteiger partial charge is 0.477 e. The molecule has 0 aromatic carbocycles. The first kappa shape index (κ1) is 6.87. The van der Waals surface area contributed by atoms with Crippen molar-refractivity contribution in [2.75, 3.05) is 6.86 Å². The maximum Gasteiger partial charge on any atom is 0.350 e. The summed E-state index contributed by atoms with van der Waals surface area (Å²) in [6.07, 6.45) is 0.458. The van der Waals surface area contributed by atoms with Crippen LogP contribution in [0.3, 0.4) is 0 Å². The van der Waals surface area contributed by atoms with Crippen LogP contribution in [0.2, 0.25) is 0 Å². The normalized spacial score (nSPS) is 9.62. The second-order valence-electron chi connectivity index (χ2n) is 0.811. The summed E-state index contributed by atoms with van der Waals surface area (Å²) in [4.78, 5) is 13.2. The lowest BCUT2D eigenvalue weighted by Crippen LogP contribution is -1.95. The Morgan fingerprint density at radius 2 is 2.62 bits per heavy atom. The van der Waals surface area contributed by atoms with Gasteiger partial charge >= 0.3 is 5.97 Å². The molecule has 0 aromatic rings. The summed E-state index contributed by atoms with van der Waals surface area (Å²) in [7, 11) is 0. The molecule has 0 unspecified atom stereocenters. The number of oxime groups is 1. The van der Waals surface area contributed by atoms with Gasteiger partial charge in [-0.05, 0) is 0 Å². The highest BCUT2D eigenvalue weighted by molar-refractivity contribution is 6.21. The Morgan fingerprint density at radius 1 is 2.00 bits per heavy atom. The van der Waals surface area contributed by atoms with E-state index >= 15 is 0 Å². The number of aliphatic carboxylic acids is 1. The second-order valence-corrected chi connectivity index (χ2v) is 0.811. The van der Waals surface area contributed by atoms with Gasteiger partial charge in [0.15, 0.2) is 6.21 Å². The first-order valence-corrected chi connectivity index (χ1v) is 1.71. The third-order valence-electron chi connectivity index (χ3n) is 0.286. The summed E-state index contributed by atoms with van der Waals surface area (Å²) in [6, 6.07) is 0. The summed E-state index contributed by atoms with van der Waals surface area (Å²) >= 11 is 0. The summed E-state index contributed by atoms with van der Waals surface area (Å²) < 4.78 is 10.9. The Kier molecular flexibility index (Phi) is 3.47. The molecule has 0 amide bonds. The van der Waals surface area contributed by atoms with Crippen LogP contribution < -0.4 is 0 Å². The fourth-order valence-electron chi connectivity index (χ4n) is 0.111. The number of hydrogen-bond donors (Lipinski definition) is 1. The molecular formula is C3H4FNO3. The molecular weight excluding hydrogens is 117 g/mol. The maximum atomic E-state index is 10.9. The number of hydrogen-bond acceptors (Lipinski definition) is 3. The third-order valence-corrected chi connectivity index (χ3v) is 0.286. The van der Waals surface area contributed by atoms with Crippen molar-refractivity contribution in [3.8, 4) is 0 Å². The van der Waals surface area contributed by atoms with Crippen LogP contribution in [0.1, 0.15) is 0 Å². The highest BCUT2D eigenvalue weighted by atomic mass is 19.1. The van der Waals surface area contributed by atoms with Crippen LogP contribution in [0.4, 0.5) is 4.39 Å². The Bertz CT molecular complexity index is 103. The number of halogens is 1. The Hall–Kier alpha value is -1.13. The third kappa shape index (κ3) is 4.87. The fourth-order valence-corrected chi connectivity index (χ4v) is 0.111. The minimum atomic E-state index is -1.27. The van der Waals surface area contributed by atoms with E-state index in [0.29, 0.717) is 6.21 Å². The molecule has 1 N–H and O–H groups in total. The van der Waals surface area contributed by atoms with Crippen molar-refractivity contribution in [2.45, 2.75) is 0 Å². The second kappa shape index (κ2) is 4.04. The van der Waals surface area contributed by atoms with Crippen LogP contribution in [0.25, 0.3) is 0 Å². The molecule has 0 aromatic heterocycles. The minimum absolute atomic E-state index is 0.458. The number of carbonyl (C=O) groups is 1. The lowest BCUT2D eigenvalue weighted by molar-refractivity contribution is -0.129. The van der Waals surface area contributed by atoms with E-state index < -0.39 is 12.8 Å². The number of carboxylic acids is 1. The van der Waals surface area contributed by atoms with Crippen LogP contribution in [0.15, 0.2) is 5.16 Å². The van der Waals surface area contributed by atoms with E-state index in [2.05, 4.69) is 9.99 Å². The van der Waals surface area contributed by atoms with Gasteiger partial charge in [0.05, 0.1) is 0 Å². The zero-order valence-corrected chi connectivity index (χ0v) is 3.87. The van der Waals surface area contributed by atoms with Crippen LogP contribution in [-0.2, 0) is 9.63 Å². The molecule has 0 saturated carbocycles. The molecule has 0 aliphatic rings. The Labute approximate surface area is 44.6 Å². The van der Waals surface area contributed by atoms with Gasteiger partial charge in [0.2, 0.25) is 0 Å². The van der Waals surface area contributed by atoms with Gasteiger partial charge in [-0.25, -0.2) is 9.18 Å². The van der Waals surface area contributed by atoms with Gasteiger partial charge in [0, 0.05) is 0 Å². The van der Waals surface area contributed by atoms with Crippen molar-refractivity contribution >= 4 is 12.2 Å². The van der Waals surface area contributed by atoms with Crippen molar-refractivity contribution in [2.24, 2.45) is 5.16 Å². The van der Waals surface area contributed by atoms with E-state index in [1.165, 1.54) is 0 Å². The maximum absolute atomic E-state index is 10.9. The van der Waals surface area contributed by atoms with E-state index in [1.807, 2.05) is 0 Å². The van der Waals surface area contributed by atoms with E-state index in [4.69, 9.17) is 5.11 Å². The number of alkyl halides is 1. The van der Waals surface area contributed by atoms with Crippen molar-refractivity contribution in [1.82, 2.24) is 0 Å². The molecule has 0 fully saturated rings. The molecule has 0 aliphatic carbocycles. The Balaban J connectivity index is 3.20. The summed E-state index contributed by atoms with van der Waals surface area (Å²) in [5, 5.41) is 10.5. The molecule has 5 heteroatoms. The smallest absolute Gasteiger partial charge is 0.350 e. The van der Waals surface area contributed by atoms with E-state index in [0.717, 1.165) is 0 Å². The molecule has 46 valence electrons. The first-order chi connectivity index (χ1) is 3.77. The molecule has 4 nitrogen and oxygen atoms in total. The average molecular weight is 121 g/mol. The van der Waals surface area contributed by atoms with Gasteiger partial charge in [0.25, 0.3) is 6.86 Å². The van der Waals surface area contributed by atoms with E-state index in [1.54, 1.807) is 0 Å². The first-order valence-electron chi connectivity index (χ1n) is 1.71. The fraction of sp³-hybridized carbons (Fsp3) is 0.333. The molecule has 0 spiro atoms. The summed E-state index contributed by atoms with van der Waals surface area (Å²) in [5.74, 6) is -1.27. The number of rotatable bonds is 3. The lowest BCUT2D eigenvalue weighted by atomic mass is 10.8. The quantitative estimate of drug-likeness (QED) is 0.422. The molecule has 0 aliphatic heterocycles. The zero-order valence-electron chi connectivity index (χ0n) is 3.87. The van der Waals surface area contributed by atoms with Crippen molar-refractivity contribution < 1.29 is 19.1 Å². The van der Waals surface area contributed by atoms with Crippen LogP contribution in [0.5, 0.6) is 0 Å². The topological polar surface area (TPSA) is 58.9 Å². The molecule has 0 bridgehead atoms. The highest BCUT2D eigenvalue weighted by Crippen LogP contribution is 1.72. The van der Waals surface area contributed by atoms with Crippen LogP contribution in [-0.4, -0.2) is 24.2 Å². The standard InChI is InChI=1S/C3H4FNO3/c4-2-8-5-1-3(6)7/h1H,2H2,(H,6,7). The molecule has 0 radical (unpaired) electrons. The van der Waals surface area contributed by atoms with Gasteiger partial charge < -0.3 is 9.94 Å². The molecule has 8 heavy (non-hydrogen) atoms. The van der Waals surface area contributed by atoms with Gasteiger partial charge in [-0.3, -0.25) is 0 Å². The predicted octanol–water partition coefficient (Wildman–Crippen LogP) is 0.000400. The average Bonchev–Trinajstić information content (AvgIpc) is 1.66. The van der Waals surface area contributed by atoms with Crippen molar-refractivity contribution in [3.05, 3.63) is 0 Å². The SMILES string of the molecule is O=C(O)C=NOCF. The molecule has 0 saturated heterocycles. The van der Waals surface area contributed by atoms with E-state index in [-0.39, 0.29) is 0 Å². The minimum Gasteiger partial charge on any atom is -0.477 e. The summed E-state index contributed by atoms with van der Waals surface area (Å²) in [6.45, 7) is -1.11. The lowest BCUT2D eigenvalue weighted by Gasteiger charge is -1.82. The van der Waals surface area contributed by atoms with Gasteiger partial charge in [-0.15, -0.1) is 0 Å². The number of nitrogens with zero attached hydrogens (tertiary/aromatic N) is 1. The zero-order chi connectivity index (χ0) is 6.41. The van der Waals surface area contributed by atoms with Crippen molar-refractivity contribution in [1.29, 1.82) is 0 Å². The summed E-state index contributed by atoms with van der Waals surface area (Å²) in [5.41, 5.74) is 0. The monoisotopic (exact) mass is 121 g/mol.